The molecule has 2 fully saturated rings. The van der Waals surface area contributed by atoms with Crippen LogP contribution in [0.3, 0.4) is 0 Å². The standard InChI is InChI=1S/C26H27N9O2/c1-33-13-20(12-30-33)18-8-21(25-19(9-27)11-31-35(25)14-18)17-2-3-23(29-10-17)22-15-37-16-24(22)32-26(36)34-6-4-28-5-7-34/h2-3,8,10-14,22,24,28H,4-7,15-16H2,1H3,(H,32,36)/t22-,24-/m1/s1. The Hall–Kier alpha value is -4.27. The first kappa shape index (κ1) is 23.1. The molecule has 2 saturated heterocycles. The molecule has 4 aromatic heterocycles. The molecule has 0 saturated carbocycles. The zero-order valence-corrected chi connectivity index (χ0v) is 20.5. The fourth-order valence-corrected chi connectivity index (χ4v) is 5.04. The van der Waals surface area contributed by atoms with Gasteiger partial charge in [0.05, 0.1) is 42.7 Å². The molecule has 6 rings (SSSR count). The van der Waals surface area contributed by atoms with E-state index in [4.69, 9.17) is 9.72 Å². The number of rotatable bonds is 4. The molecule has 2 aliphatic rings. The van der Waals surface area contributed by atoms with Gasteiger partial charge in [-0.25, -0.2) is 9.31 Å². The maximum atomic E-state index is 12.8. The van der Waals surface area contributed by atoms with Crippen molar-refractivity contribution in [3.63, 3.8) is 0 Å². The van der Waals surface area contributed by atoms with Gasteiger partial charge in [0, 0.05) is 85.7 Å². The lowest BCUT2D eigenvalue weighted by Crippen LogP contribution is -2.53. The topological polar surface area (TPSA) is 125 Å². The highest BCUT2D eigenvalue weighted by Gasteiger charge is 2.33. The molecule has 0 spiro atoms. The van der Waals surface area contributed by atoms with E-state index in [1.54, 1.807) is 21.6 Å². The molecular weight excluding hydrogens is 470 g/mol. The number of fused-ring (bicyclic) bond motifs is 1. The number of piperazine rings is 1. The second-order valence-electron chi connectivity index (χ2n) is 9.42. The average molecular weight is 498 g/mol. The molecule has 0 aliphatic carbocycles. The van der Waals surface area contributed by atoms with Crippen LogP contribution in [0.15, 0.2) is 49.2 Å². The molecule has 2 atom stereocenters. The lowest BCUT2D eigenvalue weighted by Gasteiger charge is -2.29. The Balaban J connectivity index is 1.29. The zero-order chi connectivity index (χ0) is 25.4. The third kappa shape index (κ3) is 4.41. The van der Waals surface area contributed by atoms with Crippen molar-refractivity contribution in [1.82, 2.24) is 39.9 Å². The molecule has 11 heteroatoms. The minimum Gasteiger partial charge on any atom is -0.379 e. The molecule has 37 heavy (non-hydrogen) atoms. The molecule has 2 aliphatic heterocycles. The van der Waals surface area contributed by atoms with Crippen LogP contribution in [0.5, 0.6) is 0 Å². The van der Waals surface area contributed by atoms with Gasteiger partial charge >= 0.3 is 6.03 Å². The molecule has 0 unspecified atom stereocenters. The number of aryl methyl sites for hydroxylation is 1. The van der Waals surface area contributed by atoms with Crippen molar-refractivity contribution in [2.24, 2.45) is 7.05 Å². The minimum atomic E-state index is -0.138. The normalized spacial score (nSPS) is 19.7. The van der Waals surface area contributed by atoms with Crippen LogP contribution in [0.25, 0.3) is 27.8 Å². The van der Waals surface area contributed by atoms with Gasteiger partial charge in [-0.1, -0.05) is 6.07 Å². The highest BCUT2D eigenvalue weighted by atomic mass is 16.5. The van der Waals surface area contributed by atoms with E-state index in [9.17, 15) is 10.1 Å². The van der Waals surface area contributed by atoms with Gasteiger partial charge in [0.25, 0.3) is 0 Å². The minimum absolute atomic E-state index is 0.0349. The fraction of sp³-hybridized carbons (Fsp3) is 0.346. The highest BCUT2D eigenvalue weighted by molar-refractivity contribution is 5.87. The van der Waals surface area contributed by atoms with E-state index in [-0.39, 0.29) is 18.0 Å². The smallest absolute Gasteiger partial charge is 0.317 e. The summed E-state index contributed by atoms with van der Waals surface area (Å²) >= 11 is 0. The summed E-state index contributed by atoms with van der Waals surface area (Å²) in [6, 6.07) is 8.08. The maximum Gasteiger partial charge on any atom is 0.317 e. The first-order valence-corrected chi connectivity index (χ1v) is 12.3. The molecule has 2 N–H and O–H groups in total. The summed E-state index contributed by atoms with van der Waals surface area (Å²) in [5, 5.41) is 24.8. The lowest BCUT2D eigenvalue weighted by atomic mass is 9.97. The van der Waals surface area contributed by atoms with Crippen LogP contribution in [-0.4, -0.2) is 80.7 Å². The Morgan fingerprint density at radius 3 is 2.70 bits per heavy atom. The van der Waals surface area contributed by atoms with Gasteiger partial charge in [0.2, 0.25) is 0 Å². The number of hydrogen-bond acceptors (Lipinski definition) is 7. The van der Waals surface area contributed by atoms with Gasteiger partial charge in [0.15, 0.2) is 0 Å². The van der Waals surface area contributed by atoms with Crippen molar-refractivity contribution in [1.29, 1.82) is 5.26 Å². The molecule has 11 nitrogen and oxygen atoms in total. The Labute approximate surface area is 213 Å². The number of urea groups is 1. The number of pyridine rings is 2. The largest absolute Gasteiger partial charge is 0.379 e. The Kier molecular flexibility index (Phi) is 6.04. The van der Waals surface area contributed by atoms with Gasteiger partial charge < -0.3 is 20.3 Å². The Morgan fingerprint density at radius 1 is 1.11 bits per heavy atom. The number of carbonyl (C=O) groups excluding carboxylic acids is 1. The van der Waals surface area contributed by atoms with Gasteiger partial charge in [-0.2, -0.15) is 15.5 Å². The van der Waals surface area contributed by atoms with Crippen LogP contribution in [0.4, 0.5) is 4.79 Å². The number of hydrogen-bond donors (Lipinski definition) is 2. The zero-order valence-electron chi connectivity index (χ0n) is 20.5. The van der Waals surface area contributed by atoms with Crippen LogP contribution < -0.4 is 10.6 Å². The molecule has 188 valence electrons. The summed E-state index contributed by atoms with van der Waals surface area (Å²) in [7, 11) is 1.87. The first-order chi connectivity index (χ1) is 18.1. The molecule has 4 aromatic rings. The molecule has 0 bridgehead atoms. The summed E-state index contributed by atoms with van der Waals surface area (Å²) in [6.07, 6.45) is 9.04. The summed E-state index contributed by atoms with van der Waals surface area (Å²) in [4.78, 5) is 19.4. The second-order valence-corrected chi connectivity index (χ2v) is 9.42. The van der Waals surface area contributed by atoms with E-state index in [1.165, 1.54) is 0 Å². The average Bonchev–Trinajstić information content (AvgIpc) is 3.68. The van der Waals surface area contributed by atoms with E-state index in [1.807, 2.05) is 48.7 Å². The maximum absolute atomic E-state index is 12.8. The van der Waals surface area contributed by atoms with E-state index in [0.717, 1.165) is 46.6 Å². The van der Waals surface area contributed by atoms with Gasteiger partial charge in [-0.3, -0.25) is 9.67 Å². The van der Waals surface area contributed by atoms with Crippen molar-refractivity contribution >= 4 is 11.5 Å². The summed E-state index contributed by atoms with van der Waals surface area (Å²) in [5.41, 5.74) is 5.71. The van der Waals surface area contributed by atoms with E-state index in [0.29, 0.717) is 31.9 Å². The number of amides is 2. The fourth-order valence-electron chi connectivity index (χ4n) is 5.04. The van der Waals surface area contributed by atoms with Gasteiger partial charge in [0.1, 0.15) is 6.07 Å². The third-order valence-corrected chi connectivity index (χ3v) is 7.04. The molecule has 6 heterocycles. The van der Waals surface area contributed by atoms with Crippen molar-refractivity contribution in [2.45, 2.75) is 12.0 Å². The summed E-state index contributed by atoms with van der Waals surface area (Å²) in [6.45, 7) is 3.97. The van der Waals surface area contributed by atoms with Crippen LogP contribution in [0.1, 0.15) is 17.2 Å². The third-order valence-electron chi connectivity index (χ3n) is 7.04. The highest BCUT2D eigenvalue weighted by Crippen LogP contribution is 2.33. The first-order valence-electron chi connectivity index (χ1n) is 12.3. The number of nitrogens with one attached hydrogen (secondary N) is 2. The molecule has 0 radical (unpaired) electrons. The number of nitriles is 1. The number of nitrogens with zero attached hydrogens (tertiary/aromatic N) is 7. The second kappa shape index (κ2) is 9.65. The SMILES string of the molecule is Cn1cc(-c2cc(-c3ccc([C@H]4COC[C@H]4NC(=O)N4CCNCC4)nc3)c3c(C#N)cnn3c2)cn1. The van der Waals surface area contributed by atoms with Crippen molar-refractivity contribution in [3.8, 4) is 28.3 Å². The Morgan fingerprint density at radius 2 is 1.97 bits per heavy atom. The quantitative estimate of drug-likeness (QED) is 0.440. The van der Waals surface area contributed by atoms with Crippen LogP contribution in [0.2, 0.25) is 0 Å². The van der Waals surface area contributed by atoms with E-state index < -0.39 is 0 Å². The van der Waals surface area contributed by atoms with E-state index >= 15 is 0 Å². The number of aromatic nitrogens is 5. The van der Waals surface area contributed by atoms with Gasteiger partial charge in [-0.15, -0.1) is 0 Å². The van der Waals surface area contributed by atoms with Crippen molar-refractivity contribution in [2.75, 3.05) is 39.4 Å². The molecule has 2 amide bonds. The lowest BCUT2D eigenvalue weighted by molar-refractivity contribution is 0.174. The van der Waals surface area contributed by atoms with Crippen LogP contribution >= 0.6 is 0 Å². The van der Waals surface area contributed by atoms with Crippen molar-refractivity contribution in [3.05, 3.63) is 60.4 Å². The monoisotopic (exact) mass is 497 g/mol. The Bertz CT molecular complexity index is 1480. The van der Waals surface area contributed by atoms with Crippen LogP contribution in [0, 0.1) is 11.3 Å². The van der Waals surface area contributed by atoms with Crippen LogP contribution in [-0.2, 0) is 11.8 Å². The predicted octanol–water partition coefficient (Wildman–Crippen LogP) is 1.77. The van der Waals surface area contributed by atoms with E-state index in [2.05, 4.69) is 26.9 Å². The molecule has 0 aromatic carbocycles. The number of carbonyl (C=O) groups is 1. The summed E-state index contributed by atoms with van der Waals surface area (Å²) in [5.74, 6) is -0.0349. The van der Waals surface area contributed by atoms with Gasteiger partial charge in [-0.05, 0) is 12.1 Å². The van der Waals surface area contributed by atoms with Crippen molar-refractivity contribution < 1.29 is 9.53 Å². The number of ether oxygens (including phenoxy) is 1. The predicted molar refractivity (Wildman–Crippen MR) is 136 cm³/mol. The molecular formula is C26H27N9O2. The summed E-state index contributed by atoms with van der Waals surface area (Å²) < 4.78 is 9.21.